The smallest absolute Gasteiger partial charge is 0.258 e. The molecule has 0 radical (unpaired) electrons. The molecule has 0 fully saturated rings. The lowest BCUT2D eigenvalue weighted by molar-refractivity contribution is -0.132. The minimum absolute atomic E-state index is 0.0771. The molecule has 3 rings (SSSR count). The number of benzene rings is 2. The zero-order valence-electron chi connectivity index (χ0n) is 17.3. The maximum absolute atomic E-state index is 13.0. The van der Waals surface area contributed by atoms with Crippen molar-refractivity contribution in [2.45, 2.75) is 12.8 Å². The number of rotatable bonds is 10. The number of aromatic amines is 1. The number of carbonyl (C=O) groups is 2. The van der Waals surface area contributed by atoms with Crippen molar-refractivity contribution in [2.75, 3.05) is 26.7 Å². The van der Waals surface area contributed by atoms with Crippen LogP contribution >= 0.6 is 0 Å². The van der Waals surface area contributed by atoms with Crippen LogP contribution in [0.2, 0.25) is 0 Å². The number of nitrogens with zero attached hydrogens (tertiary/aromatic N) is 2. The van der Waals surface area contributed by atoms with E-state index in [9.17, 15) is 14.0 Å². The van der Waals surface area contributed by atoms with E-state index in [0.29, 0.717) is 18.7 Å². The molecule has 1 heterocycles. The fourth-order valence-electron chi connectivity index (χ4n) is 2.92. The van der Waals surface area contributed by atoms with Crippen LogP contribution in [-0.4, -0.2) is 53.7 Å². The number of para-hydroxylation sites is 1. The van der Waals surface area contributed by atoms with E-state index < -0.39 is 0 Å². The van der Waals surface area contributed by atoms with Gasteiger partial charge in [-0.3, -0.25) is 14.7 Å². The number of carbonyl (C=O) groups excluding carboxylic acids is 2. The Balaban J connectivity index is 1.34. The lowest BCUT2D eigenvalue weighted by Gasteiger charge is -2.17. The summed E-state index contributed by atoms with van der Waals surface area (Å²) >= 11 is 0. The average Bonchev–Trinajstić information content (AvgIpc) is 3.26. The molecule has 7 nitrogen and oxygen atoms in total. The minimum atomic E-state index is -0.351. The predicted octanol–water partition coefficient (Wildman–Crippen LogP) is 2.80. The maximum atomic E-state index is 13.0. The molecule has 8 heteroatoms. The molecule has 0 unspecified atom stereocenters. The molecule has 162 valence electrons. The molecule has 31 heavy (non-hydrogen) atoms. The summed E-state index contributed by atoms with van der Waals surface area (Å²) in [7, 11) is 1.70. The van der Waals surface area contributed by atoms with Crippen molar-refractivity contribution in [3.05, 3.63) is 72.2 Å². The molecule has 0 aliphatic heterocycles. The van der Waals surface area contributed by atoms with Gasteiger partial charge in [0, 0.05) is 24.8 Å². The van der Waals surface area contributed by atoms with Crippen molar-refractivity contribution >= 4 is 11.8 Å². The van der Waals surface area contributed by atoms with Crippen LogP contribution in [0.15, 0.2) is 60.7 Å². The second kappa shape index (κ2) is 10.9. The van der Waals surface area contributed by atoms with Gasteiger partial charge in [-0.15, -0.1) is 0 Å². The van der Waals surface area contributed by atoms with Gasteiger partial charge in [-0.25, -0.2) is 4.39 Å². The summed E-state index contributed by atoms with van der Waals surface area (Å²) in [5.41, 5.74) is 2.52. The summed E-state index contributed by atoms with van der Waals surface area (Å²) < 4.78 is 18.4. The molecule has 2 amide bonds. The molecule has 0 saturated carbocycles. The SMILES string of the molecule is CN(CCCc1cc(-c2ccc(F)cc2)n[nH]1)C(=O)CNC(=O)COc1ccccc1. The van der Waals surface area contributed by atoms with E-state index in [-0.39, 0.29) is 30.8 Å². The molecular weight excluding hydrogens is 399 g/mol. The Morgan fingerprint density at radius 2 is 1.87 bits per heavy atom. The van der Waals surface area contributed by atoms with Crippen LogP contribution in [0.1, 0.15) is 12.1 Å². The van der Waals surface area contributed by atoms with E-state index in [1.165, 1.54) is 12.1 Å². The number of H-pyrrole nitrogens is 1. The van der Waals surface area contributed by atoms with Gasteiger partial charge in [0.05, 0.1) is 12.2 Å². The summed E-state index contributed by atoms with van der Waals surface area (Å²) in [5.74, 6) is -0.212. The van der Waals surface area contributed by atoms with Crippen molar-refractivity contribution in [3.8, 4) is 17.0 Å². The summed E-state index contributed by atoms with van der Waals surface area (Å²) in [6.07, 6.45) is 1.45. The fraction of sp³-hybridized carbons (Fsp3) is 0.261. The Morgan fingerprint density at radius 1 is 1.13 bits per heavy atom. The molecule has 0 saturated heterocycles. The van der Waals surface area contributed by atoms with Crippen LogP contribution in [0.3, 0.4) is 0 Å². The lowest BCUT2D eigenvalue weighted by Crippen LogP contribution is -2.40. The van der Waals surface area contributed by atoms with Crippen molar-refractivity contribution < 1.29 is 18.7 Å². The van der Waals surface area contributed by atoms with Gasteiger partial charge in [-0.2, -0.15) is 5.10 Å². The van der Waals surface area contributed by atoms with Crippen LogP contribution in [-0.2, 0) is 16.0 Å². The summed E-state index contributed by atoms with van der Waals surface area (Å²) in [6.45, 7) is 0.323. The number of halogens is 1. The molecular formula is C23H25FN4O3. The quantitative estimate of drug-likeness (QED) is 0.524. The van der Waals surface area contributed by atoms with E-state index in [2.05, 4.69) is 15.5 Å². The standard InChI is InChI=1S/C23H25FN4O3/c1-28(23(30)15-25-22(29)16-31-20-7-3-2-4-8-20)13-5-6-19-14-21(27-26-19)17-9-11-18(24)12-10-17/h2-4,7-12,14H,5-6,13,15-16H2,1H3,(H,25,29)(H,26,27). The monoisotopic (exact) mass is 424 g/mol. The number of hydrogen-bond acceptors (Lipinski definition) is 4. The van der Waals surface area contributed by atoms with Gasteiger partial charge in [-0.1, -0.05) is 18.2 Å². The molecule has 2 N–H and O–H groups in total. The Bertz CT molecular complexity index is 990. The molecule has 1 aromatic heterocycles. The van der Waals surface area contributed by atoms with Gasteiger partial charge in [0.1, 0.15) is 11.6 Å². The second-order valence-electron chi connectivity index (χ2n) is 7.08. The molecule has 0 aliphatic rings. The fourth-order valence-corrected chi connectivity index (χ4v) is 2.92. The minimum Gasteiger partial charge on any atom is -0.484 e. The van der Waals surface area contributed by atoms with Gasteiger partial charge in [-0.05, 0) is 55.3 Å². The first-order chi connectivity index (χ1) is 15.0. The van der Waals surface area contributed by atoms with E-state index in [4.69, 9.17) is 4.74 Å². The van der Waals surface area contributed by atoms with Crippen molar-refractivity contribution in [1.29, 1.82) is 0 Å². The second-order valence-corrected chi connectivity index (χ2v) is 7.08. The van der Waals surface area contributed by atoms with Gasteiger partial charge < -0.3 is 15.0 Å². The Labute approximate surface area is 180 Å². The maximum Gasteiger partial charge on any atom is 0.258 e. The highest BCUT2D eigenvalue weighted by molar-refractivity contribution is 5.85. The predicted molar refractivity (Wildman–Crippen MR) is 115 cm³/mol. The third kappa shape index (κ3) is 6.95. The topological polar surface area (TPSA) is 87.3 Å². The molecule has 3 aromatic rings. The van der Waals surface area contributed by atoms with Crippen LogP contribution in [0.5, 0.6) is 5.75 Å². The highest BCUT2D eigenvalue weighted by Gasteiger charge is 2.11. The number of likely N-dealkylation sites (N-methyl/N-ethyl adjacent to an activating group) is 1. The van der Waals surface area contributed by atoms with Gasteiger partial charge >= 0.3 is 0 Å². The van der Waals surface area contributed by atoms with Crippen LogP contribution in [0, 0.1) is 5.82 Å². The van der Waals surface area contributed by atoms with Crippen molar-refractivity contribution in [2.24, 2.45) is 0 Å². The number of hydrogen-bond donors (Lipinski definition) is 2. The Hall–Kier alpha value is -3.68. The van der Waals surface area contributed by atoms with E-state index in [0.717, 1.165) is 23.4 Å². The summed E-state index contributed by atoms with van der Waals surface area (Å²) in [4.78, 5) is 25.6. The Morgan fingerprint density at radius 3 is 2.61 bits per heavy atom. The highest BCUT2D eigenvalue weighted by Crippen LogP contribution is 2.18. The number of ether oxygens (including phenoxy) is 1. The molecule has 0 aliphatic carbocycles. The number of amides is 2. The molecule has 2 aromatic carbocycles. The normalized spacial score (nSPS) is 10.5. The van der Waals surface area contributed by atoms with Crippen molar-refractivity contribution in [3.63, 3.8) is 0 Å². The zero-order valence-corrected chi connectivity index (χ0v) is 17.3. The van der Waals surface area contributed by atoms with Gasteiger partial charge in [0.2, 0.25) is 5.91 Å². The van der Waals surface area contributed by atoms with Gasteiger partial charge in [0.15, 0.2) is 6.61 Å². The number of nitrogens with one attached hydrogen (secondary N) is 2. The number of aryl methyl sites for hydroxylation is 1. The average molecular weight is 424 g/mol. The zero-order chi connectivity index (χ0) is 22.1. The van der Waals surface area contributed by atoms with E-state index >= 15 is 0 Å². The molecule has 0 spiro atoms. The highest BCUT2D eigenvalue weighted by atomic mass is 19.1. The first-order valence-corrected chi connectivity index (χ1v) is 10.00. The molecule has 0 atom stereocenters. The Kier molecular flexibility index (Phi) is 7.75. The van der Waals surface area contributed by atoms with E-state index in [1.54, 1.807) is 36.2 Å². The van der Waals surface area contributed by atoms with Crippen LogP contribution in [0.25, 0.3) is 11.3 Å². The summed E-state index contributed by atoms with van der Waals surface area (Å²) in [5, 5.41) is 9.79. The van der Waals surface area contributed by atoms with Gasteiger partial charge in [0.25, 0.3) is 5.91 Å². The summed E-state index contributed by atoms with van der Waals surface area (Å²) in [6, 6.07) is 17.1. The largest absolute Gasteiger partial charge is 0.484 e. The van der Waals surface area contributed by atoms with E-state index in [1.807, 2.05) is 24.3 Å². The van der Waals surface area contributed by atoms with Crippen molar-refractivity contribution in [1.82, 2.24) is 20.4 Å². The third-order valence-electron chi connectivity index (χ3n) is 4.69. The lowest BCUT2D eigenvalue weighted by atomic mass is 10.1. The first-order valence-electron chi connectivity index (χ1n) is 10.00. The third-order valence-corrected chi connectivity index (χ3v) is 4.69. The molecule has 0 bridgehead atoms. The first kappa shape index (κ1) is 22.0. The van der Waals surface area contributed by atoms with Crippen LogP contribution in [0.4, 0.5) is 4.39 Å². The number of aromatic nitrogens is 2. The van der Waals surface area contributed by atoms with Crippen LogP contribution < -0.4 is 10.1 Å².